The fourth-order valence-corrected chi connectivity index (χ4v) is 5.43. The number of hydrogen-bond donors (Lipinski definition) is 1. The highest BCUT2D eigenvalue weighted by Gasteiger charge is 2.49. The van der Waals surface area contributed by atoms with Crippen molar-refractivity contribution in [2.45, 2.75) is 6.04 Å². The fraction of sp³-hybridized carbons (Fsp3) is 0.179. The standard InChI is InChI=1S/C28H24N2O7S/c1-34-16-7-5-15(6-8-16)25(31)23-24(19-13-17(35-2)10-12-21(19)37-4)30(27(33)26(23)32)28-29-20-11-9-18(36-3)14-22(20)38-28/h5-14,24,31H,1-4H3/b25-23+. The molecular weight excluding hydrogens is 508 g/mol. The first-order chi connectivity index (χ1) is 18.4. The van der Waals surface area contributed by atoms with Crippen molar-refractivity contribution in [1.82, 2.24) is 4.98 Å². The lowest BCUT2D eigenvalue weighted by Crippen LogP contribution is -2.29. The number of methoxy groups -OCH3 is 4. The van der Waals surface area contributed by atoms with Crippen molar-refractivity contribution in [2.75, 3.05) is 33.3 Å². The Morgan fingerprint density at radius 3 is 2.13 bits per heavy atom. The molecule has 1 aliphatic rings. The first-order valence-electron chi connectivity index (χ1n) is 11.5. The second-order valence-corrected chi connectivity index (χ2v) is 9.34. The van der Waals surface area contributed by atoms with Gasteiger partial charge in [0.1, 0.15) is 34.8 Å². The molecule has 1 aromatic heterocycles. The zero-order valence-electron chi connectivity index (χ0n) is 21.1. The molecule has 3 aromatic carbocycles. The molecule has 2 heterocycles. The molecule has 0 radical (unpaired) electrons. The maximum Gasteiger partial charge on any atom is 0.301 e. The van der Waals surface area contributed by atoms with Crippen LogP contribution in [-0.4, -0.2) is 50.2 Å². The lowest BCUT2D eigenvalue weighted by molar-refractivity contribution is -0.132. The van der Waals surface area contributed by atoms with Crippen molar-refractivity contribution in [3.05, 3.63) is 77.4 Å². The van der Waals surface area contributed by atoms with Crippen LogP contribution in [0.25, 0.3) is 16.0 Å². The lowest BCUT2D eigenvalue weighted by Gasteiger charge is -2.25. The topological polar surface area (TPSA) is 107 Å². The van der Waals surface area contributed by atoms with Gasteiger partial charge in [-0.1, -0.05) is 11.3 Å². The Morgan fingerprint density at radius 1 is 0.842 bits per heavy atom. The van der Waals surface area contributed by atoms with Gasteiger partial charge in [0, 0.05) is 11.1 Å². The molecule has 1 N–H and O–H groups in total. The fourth-order valence-electron chi connectivity index (χ4n) is 4.40. The maximum atomic E-state index is 13.6. The lowest BCUT2D eigenvalue weighted by atomic mass is 9.94. The van der Waals surface area contributed by atoms with Crippen LogP contribution in [0.3, 0.4) is 0 Å². The van der Waals surface area contributed by atoms with Gasteiger partial charge in [-0.2, -0.15) is 0 Å². The molecule has 0 saturated carbocycles. The van der Waals surface area contributed by atoms with Gasteiger partial charge in [-0.25, -0.2) is 4.98 Å². The SMILES string of the molecule is COc1ccc(/C(O)=C2\C(=O)C(=O)N(c3nc4ccc(OC)cc4s3)C2c2cc(OC)ccc2OC)cc1. The van der Waals surface area contributed by atoms with E-state index in [1.807, 2.05) is 6.07 Å². The van der Waals surface area contributed by atoms with Crippen molar-refractivity contribution >= 4 is 44.1 Å². The number of carbonyl (C=O) groups excluding carboxylic acids is 2. The number of anilines is 1. The summed E-state index contributed by atoms with van der Waals surface area (Å²) in [5, 5.41) is 11.7. The molecule has 1 atom stereocenters. The maximum absolute atomic E-state index is 13.6. The summed E-state index contributed by atoms with van der Waals surface area (Å²) >= 11 is 1.24. The van der Waals surface area contributed by atoms with E-state index in [4.69, 9.17) is 18.9 Å². The summed E-state index contributed by atoms with van der Waals surface area (Å²) in [6, 6.07) is 16.0. The number of Topliss-reactive ketones (excluding diaryl/α,β-unsaturated/α-hetero) is 1. The summed E-state index contributed by atoms with van der Waals surface area (Å²) in [5.74, 6) is 0.131. The predicted molar refractivity (Wildman–Crippen MR) is 143 cm³/mol. The van der Waals surface area contributed by atoms with Crippen LogP contribution >= 0.6 is 11.3 Å². The van der Waals surface area contributed by atoms with E-state index >= 15 is 0 Å². The number of fused-ring (bicyclic) bond motifs is 1. The molecule has 1 unspecified atom stereocenters. The highest BCUT2D eigenvalue weighted by molar-refractivity contribution is 7.22. The molecule has 0 spiro atoms. The summed E-state index contributed by atoms with van der Waals surface area (Å²) in [5.41, 5.74) is 1.35. The van der Waals surface area contributed by atoms with Crippen LogP contribution in [0.2, 0.25) is 0 Å². The van der Waals surface area contributed by atoms with Crippen molar-refractivity contribution in [3.8, 4) is 23.0 Å². The third-order valence-electron chi connectivity index (χ3n) is 6.33. The van der Waals surface area contributed by atoms with Gasteiger partial charge in [0.05, 0.1) is 44.2 Å². The first kappa shape index (κ1) is 25.1. The van der Waals surface area contributed by atoms with Gasteiger partial charge < -0.3 is 24.1 Å². The van der Waals surface area contributed by atoms with E-state index in [0.29, 0.717) is 44.8 Å². The molecule has 4 aromatic rings. The Bertz CT molecular complexity index is 1580. The quantitative estimate of drug-likeness (QED) is 0.202. The molecule has 1 aliphatic heterocycles. The van der Waals surface area contributed by atoms with Crippen LogP contribution in [0.1, 0.15) is 17.2 Å². The first-order valence-corrected chi connectivity index (χ1v) is 12.3. The number of ether oxygens (including phenoxy) is 4. The van der Waals surface area contributed by atoms with Crippen molar-refractivity contribution in [2.24, 2.45) is 0 Å². The van der Waals surface area contributed by atoms with Crippen LogP contribution in [0.15, 0.2) is 66.2 Å². The van der Waals surface area contributed by atoms with E-state index in [1.165, 1.54) is 37.6 Å². The number of benzene rings is 3. The molecule has 194 valence electrons. The molecule has 1 amide bonds. The second kappa shape index (κ2) is 10.1. The molecule has 10 heteroatoms. The van der Waals surface area contributed by atoms with E-state index < -0.39 is 17.7 Å². The number of aliphatic hydroxyl groups is 1. The number of aliphatic hydroxyl groups excluding tert-OH is 1. The van der Waals surface area contributed by atoms with Crippen molar-refractivity contribution < 1.29 is 33.6 Å². The summed E-state index contributed by atoms with van der Waals surface area (Å²) in [7, 11) is 6.10. The molecular formula is C28H24N2O7S. The Kier molecular flexibility index (Phi) is 6.64. The summed E-state index contributed by atoms with van der Waals surface area (Å²) in [4.78, 5) is 33.0. The molecule has 0 bridgehead atoms. The highest BCUT2D eigenvalue weighted by atomic mass is 32.1. The zero-order chi connectivity index (χ0) is 27.0. The molecule has 9 nitrogen and oxygen atoms in total. The Labute approximate surface area is 222 Å². The number of carbonyl (C=O) groups is 2. The number of thiazole rings is 1. The summed E-state index contributed by atoms with van der Waals surface area (Å²) in [6.07, 6.45) is 0. The third-order valence-corrected chi connectivity index (χ3v) is 7.35. The number of ketones is 1. The normalized spacial score (nSPS) is 16.6. The Balaban J connectivity index is 1.76. The number of aromatic nitrogens is 1. The van der Waals surface area contributed by atoms with Gasteiger partial charge in [0.15, 0.2) is 5.13 Å². The molecule has 0 aliphatic carbocycles. The van der Waals surface area contributed by atoms with Crippen LogP contribution in [-0.2, 0) is 9.59 Å². The van der Waals surface area contributed by atoms with E-state index in [9.17, 15) is 14.7 Å². The van der Waals surface area contributed by atoms with E-state index in [1.54, 1.807) is 61.7 Å². The molecule has 5 rings (SSSR count). The van der Waals surface area contributed by atoms with Gasteiger partial charge in [0.25, 0.3) is 5.78 Å². The van der Waals surface area contributed by atoms with Gasteiger partial charge in [-0.3, -0.25) is 14.5 Å². The van der Waals surface area contributed by atoms with E-state index in [2.05, 4.69) is 4.98 Å². The van der Waals surface area contributed by atoms with Crippen LogP contribution in [0, 0.1) is 0 Å². The van der Waals surface area contributed by atoms with Crippen LogP contribution in [0.5, 0.6) is 23.0 Å². The minimum Gasteiger partial charge on any atom is -0.507 e. The second-order valence-electron chi connectivity index (χ2n) is 8.34. The monoisotopic (exact) mass is 532 g/mol. The summed E-state index contributed by atoms with van der Waals surface area (Å²) < 4.78 is 22.3. The minimum absolute atomic E-state index is 0.0939. The van der Waals surface area contributed by atoms with Crippen molar-refractivity contribution in [3.63, 3.8) is 0 Å². The minimum atomic E-state index is -1.04. The number of nitrogens with zero attached hydrogens (tertiary/aromatic N) is 2. The van der Waals surface area contributed by atoms with Crippen LogP contribution < -0.4 is 23.8 Å². The van der Waals surface area contributed by atoms with Gasteiger partial charge in [-0.15, -0.1) is 0 Å². The predicted octanol–water partition coefficient (Wildman–Crippen LogP) is 4.96. The molecule has 38 heavy (non-hydrogen) atoms. The average molecular weight is 533 g/mol. The molecule has 1 saturated heterocycles. The van der Waals surface area contributed by atoms with Crippen molar-refractivity contribution in [1.29, 1.82) is 0 Å². The summed E-state index contributed by atoms with van der Waals surface area (Å²) in [6.45, 7) is 0. The van der Waals surface area contributed by atoms with Crippen LogP contribution in [0.4, 0.5) is 5.13 Å². The average Bonchev–Trinajstić information content (AvgIpc) is 3.49. The molecule has 1 fully saturated rings. The van der Waals surface area contributed by atoms with Gasteiger partial charge >= 0.3 is 5.91 Å². The Morgan fingerprint density at radius 2 is 1.47 bits per heavy atom. The smallest absolute Gasteiger partial charge is 0.301 e. The highest BCUT2D eigenvalue weighted by Crippen LogP contribution is 2.47. The zero-order valence-corrected chi connectivity index (χ0v) is 21.9. The number of hydrogen-bond acceptors (Lipinski definition) is 9. The Hall–Kier alpha value is -4.57. The number of amides is 1. The number of rotatable bonds is 7. The van der Waals surface area contributed by atoms with Gasteiger partial charge in [-0.05, 0) is 60.7 Å². The third kappa shape index (κ3) is 4.18. The van der Waals surface area contributed by atoms with E-state index in [-0.39, 0.29) is 11.3 Å². The largest absolute Gasteiger partial charge is 0.507 e. The van der Waals surface area contributed by atoms with E-state index in [0.717, 1.165) is 4.70 Å². The van der Waals surface area contributed by atoms with Gasteiger partial charge in [0.2, 0.25) is 0 Å².